The molecule has 0 saturated carbocycles. The zero-order valence-electron chi connectivity index (χ0n) is 8.82. The van der Waals surface area contributed by atoms with Gasteiger partial charge in [0.2, 0.25) is 0 Å². The minimum Gasteiger partial charge on any atom is -0.312 e. The van der Waals surface area contributed by atoms with Crippen molar-refractivity contribution in [2.24, 2.45) is 0 Å². The highest BCUT2D eigenvalue weighted by Gasteiger charge is 1.98. The van der Waals surface area contributed by atoms with Crippen LogP contribution < -0.4 is 5.32 Å². The number of nitrogens with one attached hydrogen (secondary N) is 1. The van der Waals surface area contributed by atoms with Crippen LogP contribution in [0.1, 0.15) is 11.1 Å². The highest BCUT2D eigenvalue weighted by Crippen LogP contribution is 2.12. The Morgan fingerprint density at radius 3 is 3.06 bits per heavy atom. The van der Waals surface area contributed by atoms with Gasteiger partial charge >= 0.3 is 0 Å². The topological polar surface area (TPSA) is 24.9 Å². The second-order valence-corrected chi connectivity index (χ2v) is 4.71. The first-order chi connectivity index (χ1) is 7.86. The van der Waals surface area contributed by atoms with E-state index in [0.717, 1.165) is 30.1 Å². The summed E-state index contributed by atoms with van der Waals surface area (Å²) in [6.07, 6.45) is 4.51. The molecule has 2 heterocycles. The smallest absolute Gasteiger partial charge is 0.0634 e. The van der Waals surface area contributed by atoms with Crippen molar-refractivity contribution >= 4 is 22.9 Å². The molecule has 2 aromatic heterocycles. The Morgan fingerprint density at radius 2 is 2.31 bits per heavy atom. The molecule has 0 aliphatic heterocycles. The summed E-state index contributed by atoms with van der Waals surface area (Å²) in [7, 11) is 0. The normalized spacial score (nSPS) is 10.6. The molecule has 0 radical (unpaired) electrons. The van der Waals surface area contributed by atoms with Crippen molar-refractivity contribution in [3.63, 3.8) is 0 Å². The fourth-order valence-corrected chi connectivity index (χ4v) is 2.33. The Kier molecular flexibility index (Phi) is 4.34. The number of halogens is 1. The van der Waals surface area contributed by atoms with Crippen LogP contribution in [0, 0.1) is 0 Å². The first-order valence-electron chi connectivity index (χ1n) is 5.16. The molecule has 0 aromatic carbocycles. The van der Waals surface area contributed by atoms with E-state index in [1.54, 1.807) is 23.7 Å². The third-order valence-corrected chi connectivity index (χ3v) is 3.41. The van der Waals surface area contributed by atoms with Crippen molar-refractivity contribution < 1.29 is 0 Å². The van der Waals surface area contributed by atoms with Gasteiger partial charge in [-0.3, -0.25) is 4.98 Å². The molecule has 0 amide bonds. The summed E-state index contributed by atoms with van der Waals surface area (Å²) >= 11 is 7.74. The molecule has 0 aliphatic rings. The van der Waals surface area contributed by atoms with E-state index in [1.807, 2.05) is 6.07 Å². The highest BCUT2D eigenvalue weighted by atomic mass is 35.5. The lowest BCUT2D eigenvalue weighted by molar-refractivity contribution is 0.687. The predicted octanol–water partition coefficient (Wildman–Crippen LogP) is 3.13. The maximum Gasteiger partial charge on any atom is 0.0634 e. The number of rotatable bonds is 5. The monoisotopic (exact) mass is 252 g/mol. The lowest BCUT2D eigenvalue weighted by atomic mass is 10.2. The standard InChI is InChI=1S/C12H13ClN2S/c13-12-8-15-5-2-11(12)7-14-4-1-10-3-6-16-9-10/h2-3,5-6,8-9,14H,1,4,7H2. The molecule has 84 valence electrons. The number of thiophene rings is 1. The molecular formula is C12H13ClN2S. The average Bonchev–Trinajstić information content (AvgIpc) is 2.79. The summed E-state index contributed by atoms with van der Waals surface area (Å²) in [4.78, 5) is 3.96. The van der Waals surface area contributed by atoms with Gasteiger partial charge in [0, 0.05) is 18.9 Å². The van der Waals surface area contributed by atoms with Crippen LogP contribution in [0.15, 0.2) is 35.3 Å². The molecule has 16 heavy (non-hydrogen) atoms. The van der Waals surface area contributed by atoms with Crippen molar-refractivity contribution in [2.75, 3.05) is 6.54 Å². The van der Waals surface area contributed by atoms with Gasteiger partial charge in [0.25, 0.3) is 0 Å². The zero-order valence-corrected chi connectivity index (χ0v) is 10.4. The molecule has 0 saturated heterocycles. The van der Waals surface area contributed by atoms with Crippen molar-refractivity contribution in [1.29, 1.82) is 0 Å². The van der Waals surface area contributed by atoms with Crippen LogP contribution in [0.2, 0.25) is 5.02 Å². The molecule has 4 heteroatoms. The molecule has 2 aromatic rings. The van der Waals surface area contributed by atoms with Gasteiger partial charge < -0.3 is 5.32 Å². The van der Waals surface area contributed by atoms with Crippen molar-refractivity contribution in [2.45, 2.75) is 13.0 Å². The number of aromatic nitrogens is 1. The molecule has 0 bridgehead atoms. The van der Waals surface area contributed by atoms with E-state index >= 15 is 0 Å². The maximum atomic E-state index is 6.00. The van der Waals surface area contributed by atoms with Gasteiger partial charge in [-0.15, -0.1) is 0 Å². The SMILES string of the molecule is Clc1cnccc1CNCCc1ccsc1. The molecular weight excluding hydrogens is 240 g/mol. The maximum absolute atomic E-state index is 6.00. The first-order valence-corrected chi connectivity index (χ1v) is 6.48. The molecule has 0 unspecified atom stereocenters. The van der Waals surface area contributed by atoms with Gasteiger partial charge in [0.1, 0.15) is 0 Å². The number of hydrogen-bond acceptors (Lipinski definition) is 3. The van der Waals surface area contributed by atoms with Crippen LogP contribution in [0.4, 0.5) is 0 Å². The van der Waals surface area contributed by atoms with Crippen LogP contribution in [0.5, 0.6) is 0 Å². The van der Waals surface area contributed by atoms with Crippen LogP contribution in [-0.2, 0) is 13.0 Å². The van der Waals surface area contributed by atoms with Crippen LogP contribution in [0.25, 0.3) is 0 Å². The van der Waals surface area contributed by atoms with E-state index < -0.39 is 0 Å². The summed E-state index contributed by atoms with van der Waals surface area (Å²) in [5, 5.41) is 8.39. The lowest BCUT2D eigenvalue weighted by Crippen LogP contribution is -2.16. The van der Waals surface area contributed by atoms with Gasteiger partial charge in [-0.25, -0.2) is 0 Å². The highest BCUT2D eigenvalue weighted by molar-refractivity contribution is 7.07. The fourth-order valence-electron chi connectivity index (χ4n) is 1.44. The third kappa shape index (κ3) is 3.30. The molecule has 0 aliphatic carbocycles. The Hall–Kier alpha value is -0.900. The van der Waals surface area contributed by atoms with E-state index in [9.17, 15) is 0 Å². The average molecular weight is 253 g/mol. The molecule has 0 fully saturated rings. The van der Waals surface area contributed by atoms with E-state index in [1.165, 1.54) is 5.56 Å². The summed E-state index contributed by atoms with van der Waals surface area (Å²) < 4.78 is 0. The second-order valence-electron chi connectivity index (χ2n) is 3.53. The van der Waals surface area contributed by atoms with E-state index in [2.05, 4.69) is 27.1 Å². The van der Waals surface area contributed by atoms with Gasteiger partial charge in [-0.2, -0.15) is 11.3 Å². The lowest BCUT2D eigenvalue weighted by Gasteiger charge is -2.05. The van der Waals surface area contributed by atoms with Crippen molar-refractivity contribution in [3.8, 4) is 0 Å². The molecule has 1 N–H and O–H groups in total. The van der Waals surface area contributed by atoms with Gasteiger partial charge in [-0.1, -0.05) is 11.6 Å². The van der Waals surface area contributed by atoms with Crippen molar-refractivity contribution in [3.05, 3.63) is 51.4 Å². The summed E-state index contributed by atoms with van der Waals surface area (Å²) in [5.74, 6) is 0. The van der Waals surface area contributed by atoms with Crippen molar-refractivity contribution in [1.82, 2.24) is 10.3 Å². The Labute approximate surface area is 104 Å². The largest absolute Gasteiger partial charge is 0.312 e. The van der Waals surface area contributed by atoms with Gasteiger partial charge in [0.05, 0.1) is 5.02 Å². The zero-order chi connectivity index (χ0) is 11.2. The summed E-state index contributed by atoms with van der Waals surface area (Å²) in [5.41, 5.74) is 2.49. The predicted molar refractivity (Wildman–Crippen MR) is 69.0 cm³/mol. The fraction of sp³-hybridized carbons (Fsp3) is 0.250. The summed E-state index contributed by atoms with van der Waals surface area (Å²) in [6.45, 7) is 1.76. The number of hydrogen-bond donors (Lipinski definition) is 1. The second kappa shape index (κ2) is 5.99. The minimum absolute atomic E-state index is 0.727. The van der Waals surface area contributed by atoms with Gasteiger partial charge in [0.15, 0.2) is 0 Å². The Morgan fingerprint density at radius 1 is 1.38 bits per heavy atom. The Bertz CT molecular complexity index is 428. The van der Waals surface area contributed by atoms with Crippen LogP contribution >= 0.6 is 22.9 Å². The van der Waals surface area contributed by atoms with Gasteiger partial charge in [-0.05, 0) is 47.0 Å². The molecule has 2 nitrogen and oxygen atoms in total. The quantitative estimate of drug-likeness (QED) is 0.827. The first kappa shape index (κ1) is 11.6. The molecule has 2 rings (SSSR count). The summed E-state index contributed by atoms with van der Waals surface area (Å²) in [6, 6.07) is 4.10. The van der Waals surface area contributed by atoms with E-state index in [4.69, 9.17) is 11.6 Å². The van der Waals surface area contributed by atoms with Crippen LogP contribution in [0.3, 0.4) is 0 Å². The number of pyridine rings is 1. The minimum atomic E-state index is 0.727. The molecule has 0 atom stereocenters. The van der Waals surface area contributed by atoms with E-state index in [-0.39, 0.29) is 0 Å². The Balaban J connectivity index is 1.74. The van der Waals surface area contributed by atoms with E-state index in [0.29, 0.717) is 0 Å². The third-order valence-electron chi connectivity index (χ3n) is 2.34. The molecule has 0 spiro atoms. The number of nitrogens with zero attached hydrogens (tertiary/aromatic N) is 1. The van der Waals surface area contributed by atoms with Crippen LogP contribution in [-0.4, -0.2) is 11.5 Å².